The van der Waals surface area contributed by atoms with E-state index >= 15 is 0 Å². The molecule has 174 valence electrons. The van der Waals surface area contributed by atoms with Crippen LogP contribution in [0.25, 0.3) is 0 Å². The zero-order valence-corrected chi connectivity index (χ0v) is 18.7. The Morgan fingerprint density at radius 3 is 2.09 bits per heavy atom. The largest absolute Gasteiger partial charge is 0.481 e. The zero-order valence-electron chi connectivity index (χ0n) is 17.9. The van der Waals surface area contributed by atoms with Crippen molar-refractivity contribution >= 4 is 35.1 Å². The standard InChI is InChI=1S/C24H24ClNO7/c25-14-11-13(7-8-19(14)33-12-21(31)32)22-23-15(3-1-5-17(23)27)26(10-9-20(29)30)16-4-2-6-18(28)24(16)22/h7-8,11,22H,1-6,9-10,12H2,(H,29,30)(H,31,32). The number of carbonyl (C=O) groups excluding carboxylic acids is 2. The molecule has 1 aromatic carbocycles. The summed E-state index contributed by atoms with van der Waals surface area (Å²) in [5, 5.41) is 18.3. The molecule has 0 saturated heterocycles. The predicted molar refractivity (Wildman–Crippen MR) is 118 cm³/mol. The molecular formula is C24H24ClNO7. The number of nitrogens with zero attached hydrogens (tertiary/aromatic N) is 1. The molecule has 4 rings (SSSR count). The summed E-state index contributed by atoms with van der Waals surface area (Å²) in [7, 11) is 0. The Morgan fingerprint density at radius 1 is 0.970 bits per heavy atom. The van der Waals surface area contributed by atoms with Crippen LogP contribution in [0.15, 0.2) is 40.7 Å². The van der Waals surface area contributed by atoms with Crippen LogP contribution in [0.5, 0.6) is 5.75 Å². The lowest BCUT2D eigenvalue weighted by atomic mass is 9.71. The lowest BCUT2D eigenvalue weighted by molar-refractivity contribution is -0.139. The number of rotatable bonds is 7. The topological polar surface area (TPSA) is 121 Å². The first-order valence-corrected chi connectivity index (χ1v) is 11.3. The smallest absolute Gasteiger partial charge is 0.341 e. The highest BCUT2D eigenvalue weighted by Crippen LogP contribution is 2.49. The van der Waals surface area contributed by atoms with Crippen LogP contribution in [-0.4, -0.2) is 51.8 Å². The quantitative estimate of drug-likeness (QED) is 0.615. The van der Waals surface area contributed by atoms with Gasteiger partial charge in [-0.3, -0.25) is 14.4 Å². The van der Waals surface area contributed by atoms with E-state index in [0.717, 1.165) is 11.4 Å². The number of carboxylic acid groups (broad SMARTS) is 2. The van der Waals surface area contributed by atoms with Gasteiger partial charge in [0.1, 0.15) is 5.75 Å². The molecule has 0 amide bonds. The van der Waals surface area contributed by atoms with E-state index in [1.54, 1.807) is 18.2 Å². The molecule has 2 aliphatic carbocycles. The van der Waals surface area contributed by atoms with Gasteiger partial charge < -0.3 is 19.8 Å². The van der Waals surface area contributed by atoms with Gasteiger partial charge >= 0.3 is 11.9 Å². The number of halogens is 1. The average Bonchev–Trinajstić information content (AvgIpc) is 2.76. The first-order chi connectivity index (χ1) is 15.8. The molecule has 3 aliphatic rings. The molecule has 1 aromatic rings. The Bertz CT molecular complexity index is 1060. The van der Waals surface area contributed by atoms with Crippen LogP contribution >= 0.6 is 11.6 Å². The van der Waals surface area contributed by atoms with E-state index < -0.39 is 24.5 Å². The Labute approximate surface area is 195 Å². The molecule has 0 fully saturated rings. The predicted octanol–water partition coefficient (Wildman–Crippen LogP) is 3.69. The molecule has 8 nitrogen and oxygen atoms in total. The second kappa shape index (κ2) is 9.39. The summed E-state index contributed by atoms with van der Waals surface area (Å²) >= 11 is 6.37. The van der Waals surface area contributed by atoms with Crippen molar-refractivity contribution in [3.63, 3.8) is 0 Å². The van der Waals surface area contributed by atoms with Crippen molar-refractivity contribution in [1.82, 2.24) is 4.90 Å². The third-order valence-electron chi connectivity index (χ3n) is 6.28. The number of carbonyl (C=O) groups is 4. The minimum absolute atomic E-state index is 0.0474. The van der Waals surface area contributed by atoms with Gasteiger partial charge in [0.15, 0.2) is 18.2 Å². The van der Waals surface area contributed by atoms with Crippen LogP contribution < -0.4 is 4.74 Å². The van der Waals surface area contributed by atoms with Crippen molar-refractivity contribution in [2.24, 2.45) is 0 Å². The SMILES string of the molecule is O=C(O)CCN1C2=C(C(=O)CCC2)C(c2ccc(OCC(=O)O)c(Cl)c2)C2=C1CCCC2=O. The minimum atomic E-state index is -1.13. The first kappa shape index (κ1) is 23.0. The van der Waals surface area contributed by atoms with E-state index in [9.17, 15) is 24.3 Å². The van der Waals surface area contributed by atoms with Gasteiger partial charge in [0.25, 0.3) is 0 Å². The fourth-order valence-electron chi connectivity index (χ4n) is 4.98. The number of carboxylic acids is 2. The summed E-state index contributed by atoms with van der Waals surface area (Å²) in [6.45, 7) is -0.328. The molecule has 1 aliphatic heterocycles. The molecule has 1 heterocycles. The van der Waals surface area contributed by atoms with E-state index in [2.05, 4.69) is 0 Å². The number of benzene rings is 1. The number of allylic oxidation sites excluding steroid dienone is 4. The number of hydrogen-bond acceptors (Lipinski definition) is 6. The van der Waals surface area contributed by atoms with Crippen molar-refractivity contribution in [2.75, 3.05) is 13.2 Å². The monoisotopic (exact) mass is 473 g/mol. The van der Waals surface area contributed by atoms with Gasteiger partial charge in [-0.05, 0) is 43.4 Å². The maximum atomic E-state index is 13.1. The number of hydrogen-bond donors (Lipinski definition) is 2. The first-order valence-electron chi connectivity index (χ1n) is 10.9. The van der Waals surface area contributed by atoms with E-state index in [1.807, 2.05) is 4.90 Å². The fraction of sp³-hybridized carbons (Fsp3) is 0.417. The van der Waals surface area contributed by atoms with Gasteiger partial charge in [-0.1, -0.05) is 17.7 Å². The van der Waals surface area contributed by atoms with Crippen LogP contribution in [0.4, 0.5) is 0 Å². The maximum absolute atomic E-state index is 13.1. The van der Waals surface area contributed by atoms with Crippen LogP contribution in [0, 0.1) is 0 Å². The summed E-state index contributed by atoms with van der Waals surface area (Å²) < 4.78 is 5.21. The van der Waals surface area contributed by atoms with Gasteiger partial charge in [-0.2, -0.15) is 0 Å². The van der Waals surface area contributed by atoms with Gasteiger partial charge in [-0.15, -0.1) is 0 Å². The van der Waals surface area contributed by atoms with Gasteiger partial charge in [0, 0.05) is 47.8 Å². The van der Waals surface area contributed by atoms with Crippen molar-refractivity contribution in [3.05, 3.63) is 51.3 Å². The van der Waals surface area contributed by atoms with Crippen LogP contribution in [0.3, 0.4) is 0 Å². The fourth-order valence-corrected chi connectivity index (χ4v) is 5.22. The summed E-state index contributed by atoms with van der Waals surface area (Å²) in [5.41, 5.74) is 3.33. The summed E-state index contributed by atoms with van der Waals surface area (Å²) in [4.78, 5) is 50.3. The molecule has 0 saturated carbocycles. The van der Waals surface area contributed by atoms with Crippen LogP contribution in [-0.2, 0) is 19.2 Å². The Balaban J connectivity index is 1.83. The van der Waals surface area contributed by atoms with Gasteiger partial charge in [-0.25, -0.2) is 4.79 Å². The van der Waals surface area contributed by atoms with E-state index in [0.29, 0.717) is 55.2 Å². The highest BCUT2D eigenvalue weighted by atomic mass is 35.5. The molecular weight excluding hydrogens is 450 g/mol. The van der Waals surface area contributed by atoms with Gasteiger partial charge in [0.2, 0.25) is 0 Å². The molecule has 0 bridgehead atoms. The summed E-state index contributed by atoms with van der Waals surface area (Å²) in [6, 6.07) is 4.88. The van der Waals surface area contributed by atoms with Crippen molar-refractivity contribution in [2.45, 2.75) is 50.9 Å². The van der Waals surface area contributed by atoms with Gasteiger partial charge in [0.05, 0.1) is 11.4 Å². The van der Waals surface area contributed by atoms with Crippen molar-refractivity contribution in [3.8, 4) is 5.75 Å². The van der Waals surface area contributed by atoms with Crippen LogP contribution in [0.1, 0.15) is 56.4 Å². The Hall–Kier alpha value is -3.13. The summed E-state index contributed by atoms with van der Waals surface area (Å²) in [6.07, 6.45) is 3.26. The second-order valence-electron chi connectivity index (χ2n) is 8.37. The Morgan fingerprint density at radius 2 is 1.58 bits per heavy atom. The third-order valence-corrected chi connectivity index (χ3v) is 6.57. The molecule has 0 spiro atoms. The zero-order chi connectivity index (χ0) is 23.7. The molecule has 0 aromatic heterocycles. The lowest BCUT2D eigenvalue weighted by Gasteiger charge is -2.44. The second-order valence-corrected chi connectivity index (χ2v) is 8.78. The highest BCUT2D eigenvalue weighted by Gasteiger charge is 2.43. The lowest BCUT2D eigenvalue weighted by Crippen LogP contribution is -2.39. The maximum Gasteiger partial charge on any atom is 0.341 e. The highest BCUT2D eigenvalue weighted by molar-refractivity contribution is 6.32. The third kappa shape index (κ3) is 4.53. The average molecular weight is 474 g/mol. The number of aliphatic carboxylic acids is 2. The van der Waals surface area contributed by atoms with E-state index in [1.165, 1.54) is 0 Å². The normalized spacial score (nSPS) is 18.9. The molecule has 9 heteroatoms. The van der Waals surface area contributed by atoms with Crippen molar-refractivity contribution in [1.29, 1.82) is 0 Å². The van der Waals surface area contributed by atoms with E-state index in [-0.39, 0.29) is 35.3 Å². The molecule has 0 unspecified atom stereocenters. The molecule has 0 atom stereocenters. The minimum Gasteiger partial charge on any atom is -0.481 e. The van der Waals surface area contributed by atoms with E-state index in [4.69, 9.17) is 21.4 Å². The van der Waals surface area contributed by atoms with Crippen molar-refractivity contribution < 1.29 is 34.1 Å². The summed E-state index contributed by atoms with van der Waals surface area (Å²) in [5.74, 6) is -2.54. The molecule has 2 N–H and O–H groups in total. The number of ketones is 2. The number of ether oxygens (including phenoxy) is 1. The van der Waals surface area contributed by atoms with Crippen LogP contribution in [0.2, 0.25) is 5.02 Å². The molecule has 0 radical (unpaired) electrons. The Kier molecular flexibility index (Phi) is 6.56. The molecule has 33 heavy (non-hydrogen) atoms. The number of Topliss-reactive ketones (excluding diaryl/α,β-unsaturated/α-hetero) is 2.